The van der Waals surface area contributed by atoms with Crippen LogP contribution >= 0.6 is 24.0 Å². The molecule has 27 heavy (non-hydrogen) atoms. The van der Waals surface area contributed by atoms with Crippen LogP contribution in [0.15, 0.2) is 53.5 Å². The van der Waals surface area contributed by atoms with Gasteiger partial charge in [-0.1, -0.05) is 24.3 Å². The second-order valence-electron chi connectivity index (χ2n) is 6.46. The van der Waals surface area contributed by atoms with Gasteiger partial charge in [0, 0.05) is 32.6 Å². The zero-order chi connectivity index (χ0) is 18.4. The summed E-state index contributed by atoms with van der Waals surface area (Å²) in [4.78, 5) is 6.79. The fourth-order valence-electron chi connectivity index (χ4n) is 3.40. The Labute approximate surface area is 178 Å². The predicted molar refractivity (Wildman–Crippen MR) is 121 cm³/mol. The minimum absolute atomic E-state index is 0. The first-order chi connectivity index (χ1) is 12.7. The van der Waals surface area contributed by atoms with Crippen LogP contribution in [0.1, 0.15) is 23.5 Å². The Bertz CT molecular complexity index is 749. The molecule has 1 unspecified atom stereocenters. The average molecular weight is 481 g/mol. The number of hydrogen-bond donors (Lipinski definition) is 1. The second kappa shape index (κ2) is 10.4. The van der Waals surface area contributed by atoms with Gasteiger partial charge in [0.25, 0.3) is 0 Å². The van der Waals surface area contributed by atoms with Crippen LogP contribution in [0, 0.1) is 0 Å². The van der Waals surface area contributed by atoms with E-state index in [1.807, 2.05) is 37.4 Å². The molecule has 1 N–H and O–H groups in total. The number of aliphatic imine (C=N–C) groups is 1. The molecule has 2 aromatic carbocycles. The highest BCUT2D eigenvalue weighted by Gasteiger charge is 2.26. The smallest absolute Gasteiger partial charge is 0.193 e. The van der Waals surface area contributed by atoms with E-state index in [2.05, 4.69) is 33.4 Å². The van der Waals surface area contributed by atoms with Crippen molar-refractivity contribution < 1.29 is 9.47 Å². The van der Waals surface area contributed by atoms with Gasteiger partial charge < -0.3 is 19.7 Å². The van der Waals surface area contributed by atoms with Crippen LogP contribution in [0.2, 0.25) is 0 Å². The SMILES string of the molecule is CN=C(NCc1cccc(OC)c1)N1CCC(c2ccc(OC)cc2)C1.I. The number of halogens is 1. The number of likely N-dealkylation sites (tertiary alicyclic amines) is 1. The van der Waals surface area contributed by atoms with E-state index in [1.165, 1.54) is 11.1 Å². The van der Waals surface area contributed by atoms with Crippen LogP contribution in [-0.2, 0) is 6.54 Å². The molecule has 0 amide bonds. The van der Waals surface area contributed by atoms with Gasteiger partial charge in [0.2, 0.25) is 0 Å². The third-order valence-electron chi connectivity index (χ3n) is 4.87. The molecule has 2 aromatic rings. The lowest BCUT2D eigenvalue weighted by Crippen LogP contribution is -2.39. The lowest BCUT2D eigenvalue weighted by molar-refractivity contribution is 0.414. The monoisotopic (exact) mass is 481 g/mol. The highest BCUT2D eigenvalue weighted by atomic mass is 127. The Balaban J connectivity index is 0.00000261. The second-order valence-corrected chi connectivity index (χ2v) is 6.46. The third-order valence-corrected chi connectivity index (χ3v) is 4.87. The number of ether oxygens (including phenoxy) is 2. The van der Waals surface area contributed by atoms with Crippen molar-refractivity contribution in [1.82, 2.24) is 10.2 Å². The van der Waals surface area contributed by atoms with Crippen LogP contribution in [0.25, 0.3) is 0 Å². The molecule has 1 heterocycles. The van der Waals surface area contributed by atoms with Gasteiger partial charge in [-0.3, -0.25) is 4.99 Å². The topological polar surface area (TPSA) is 46.1 Å². The van der Waals surface area contributed by atoms with Crippen molar-refractivity contribution in [1.29, 1.82) is 0 Å². The Morgan fingerprint density at radius 1 is 1.11 bits per heavy atom. The minimum Gasteiger partial charge on any atom is -0.497 e. The Morgan fingerprint density at radius 2 is 1.85 bits per heavy atom. The lowest BCUT2D eigenvalue weighted by atomic mass is 9.98. The largest absolute Gasteiger partial charge is 0.497 e. The standard InChI is InChI=1S/C21H27N3O2.HI/c1-22-21(23-14-16-5-4-6-20(13-16)26-3)24-12-11-18(15-24)17-7-9-19(25-2)10-8-17;/h4-10,13,18H,11-12,14-15H2,1-3H3,(H,22,23);1H. The summed E-state index contributed by atoms with van der Waals surface area (Å²) in [5.41, 5.74) is 2.54. The molecule has 0 aliphatic carbocycles. The van der Waals surface area contributed by atoms with Crippen molar-refractivity contribution in [3.8, 4) is 11.5 Å². The first kappa shape index (κ1) is 21.3. The van der Waals surface area contributed by atoms with Gasteiger partial charge >= 0.3 is 0 Å². The van der Waals surface area contributed by atoms with E-state index in [-0.39, 0.29) is 24.0 Å². The molecule has 1 atom stereocenters. The Kier molecular flexibility index (Phi) is 8.22. The molecule has 0 aromatic heterocycles. The molecule has 6 heteroatoms. The molecule has 1 aliphatic rings. The summed E-state index contributed by atoms with van der Waals surface area (Å²) in [5.74, 6) is 3.25. The van der Waals surface area contributed by atoms with Crippen LogP contribution in [0.3, 0.4) is 0 Å². The molecule has 0 spiro atoms. The molecule has 1 aliphatic heterocycles. The van der Waals surface area contributed by atoms with Crippen molar-refractivity contribution >= 4 is 29.9 Å². The summed E-state index contributed by atoms with van der Waals surface area (Å²) in [6.45, 7) is 2.71. The lowest BCUT2D eigenvalue weighted by Gasteiger charge is -2.22. The average Bonchev–Trinajstić information content (AvgIpc) is 3.19. The zero-order valence-electron chi connectivity index (χ0n) is 16.1. The summed E-state index contributed by atoms with van der Waals surface area (Å²) in [6.07, 6.45) is 1.13. The van der Waals surface area contributed by atoms with E-state index in [0.29, 0.717) is 5.92 Å². The molecule has 0 bridgehead atoms. The van der Waals surface area contributed by atoms with Gasteiger partial charge in [-0.25, -0.2) is 0 Å². The van der Waals surface area contributed by atoms with Crippen LogP contribution in [0.5, 0.6) is 11.5 Å². The summed E-state index contributed by atoms with van der Waals surface area (Å²) >= 11 is 0. The molecular formula is C21H28IN3O2. The quantitative estimate of drug-likeness (QED) is 0.400. The highest BCUT2D eigenvalue weighted by molar-refractivity contribution is 14.0. The van der Waals surface area contributed by atoms with Crippen molar-refractivity contribution in [3.63, 3.8) is 0 Å². The van der Waals surface area contributed by atoms with Crippen molar-refractivity contribution in [3.05, 3.63) is 59.7 Å². The predicted octanol–water partition coefficient (Wildman–Crippen LogP) is 3.89. The van der Waals surface area contributed by atoms with Crippen molar-refractivity contribution in [2.75, 3.05) is 34.4 Å². The van der Waals surface area contributed by atoms with Gasteiger partial charge in [-0.15, -0.1) is 24.0 Å². The first-order valence-electron chi connectivity index (χ1n) is 8.96. The van der Waals surface area contributed by atoms with Crippen molar-refractivity contribution in [2.24, 2.45) is 4.99 Å². The minimum atomic E-state index is 0. The molecule has 0 radical (unpaired) electrons. The third kappa shape index (κ3) is 5.51. The maximum atomic E-state index is 5.29. The molecule has 0 saturated carbocycles. The van der Waals surface area contributed by atoms with E-state index in [1.54, 1.807) is 14.2 Å². The maximum Gasteiger partial charge on any atom is 0.193 e. The van der Waals surface area contributed by atoms with Gasteiger partial charge in [0.05, 0.1) is 14.2 Å². The number of methoxy groups -OCH3 is 2. The Morgan fingerprint density at radius 3 is 2.52 bits per heavy atom. The van der Waals surface area contributed by atoms with Crippen LogP contribution < -0.4 is 14.8 Å². The maximum absolute atomic E-state index is 5.29. The number of hydrogen-bond acceptors (Lipinski definition) is 3. The van der Waals surface area contributed by atoms with Crippen LogP contribution in [0.4, 0.5) is 0 Å². The first-order valence-corrected chi connectivity index (χ1v) is 8.96. The summed E-state index contributed by atoms with van der Waals surface area (Å²) in [7, 11) is 5.23. The summed E-state index contributed by atoms with van der Waals surface area (Å²) < 4.78 is 10.5. The van der Waals surface area contributed by atoms with Gasteiger partial charge in [-0.05, 0) is 41.8 Å². The van der Waals surface area contributed by atoms with E-state index < -0.39 is 0 Å². The number of guanidine groups is 1. The highest BCUT2D eigenvalue weighted by Crippen LogP contribution is 2.28. The summed E-state index contributed by atoms with van der Waals surface area (Å²) in [5, 5.41) is 3.47. The normalized spacial score (nSPS) is 16.6. The van der Waals surface area contributed by atoms with Crippen LogP contribution in [-0.4, -0.2) is 45.2 Å². The van der Waals surface area contributed by atoms with E-state index in [0.717, 1.165) is 43.5 Å². The van der Waals surface area contributed by atoms with Gasteiger partial charge in [0.15, 0.2) is 5.96 Å². The number of benzene rings is 2. The van der Waals surface area contributed by atoms with E-state index in [9.17, 15) is 0 Å². The van der Waals surface area contributed by atoms with Gasteiger partial charge in [-0.2, -0.15) is 0 Å². The fourth-order valence-corrected chi connectivity index (χ4v) is 3.40. The molecule has 3 rings (SSSR count). The fraction of sp³-hybridized carbons (Fsp3) is 0.381. The number of nitrogens with one attached hydrogen (secondary N) is 1. The molecule has 1 saturated heterocycles. The number of nitrogens with zero attached hydrogens (tertiary/aromatic N) is 2. The molecule has 146 valence electrons. The van der Waals surface area contributed by atoms with E-state index >= 15 is 0 Å². The number of rotatable bonds is 5. The van der Waals surface area contributed by atoms with Crippen molar-refractivity contribution in [2.45, 2.75) is 18.9 Å². The van der Waals surface area contributed by atoms with Gasteiger partial charge in [0.1, 0.15) is 11.5 Å². The summed E-state index contributed by atoms with van der Waals surface area (Å²) in [6, 6.07) is 16.5. The van der Waals surface area contributed by atoms with E-state index in [4.69, 9.17) is 9.47 Å². The molecule has 1 fully saturated rings. The Hall–Kier alpha value is -1.96. The molecule has 5 nitrogen and oxygen atoms in total. The zero-order valence-corrected chi connectivity index (χ0v) is 18.5. The molecular weight excluding hydrogens is 453 g/mol.